The third-order valence-electron chi connectivity index (χ3n) is 9.94. The van der Waals surface area contributed by atoms with Gasteiger partial charge >= 0.3 is 0 Å². The van der Waals surface area contributed by atoms with Crippen LogP contribution in [0.1, 0.15) is 75.7 Å². The number of phenols is 1. The lowest BCUT2D eigenvalue weighted by molar-refractivity contribution is -0.178. The molecule has 3 fully saturated rings. The van der Waals surface area contributed by atoms with Crippen molar-refractivity contribution in [2.24, 2.45) is 11.3 Å². The van der Waals surface area contributed by atoms with Crippen LogP contribution in [0, 0.1) is 16.5 Å². The number of hydroxylamine groups is 2. The molecule has 1 amide bonds. The molecule has 0 unspecified atom stereocenters. The topological polar surface area (TPSA) is 107 Å². The van der Waals surface area contributed by atoms with Crippen LogP contribution >= 0.6 is 0 Å². The molecule has 1 aromatic carbocycles. The number of Topliss-reactive ketones (excluding diaryl/α,β-unsaturated/α-hetero) is 1. The van der Waals surface area contributed by atoms with E-state index in [2.05, 4.69) is 18.7 Å². The van der Waals surface area contributed by atoms with Crippen molar-refractivity contribution < 1.29 is 19.9 Å². The number of phenolic OH excluding ortho intramolecular Hbond substituents is 1. The van der Waals surface area contributed by atoms with Crippen molar-refractivity contribution in [2.45, 2.75) is 82.3 Å². The highest BCUT2D eigenvalue weighted by molar-refractivity contribution is 6.19. The van der Waals surface area contributed by atoms with E-state index in [0.29, 0.717) is 23.8 Å². The van der Waals surface area contributed by atoms with E-state index >= 15 is 0 Å². The summed E-state index contributed by atoms with van der Waals surface area (Å²) in [6.07, 6.45) is 3.22. The molecule has 6 rings (SSSR count). The number of amides is 1. The third-order valence-corrected chi connectivity index (χ3v) is 9.94. The molecule has 1 spiro atoms. The van der Waals surface area contributed by atoms with Crippen LogP contribution in [0.15, 0.2) is 12.1 Å². The highest BCUT2D eigenvalue weighted by atomic mass is 16.8. The van der Waals surface area contributed by atoms with E-state index in [1.807, 2.05) is 13.8 Å². The monoisotopic (exact) mass is 454 g/mol. The van der Waals surface area contributed by atoms with Gasteiger partial charge < -0.3 is 20.4 Å². The summed E-state index contributed by atoms with van der Waals surface area (Å²) in [5.74, 6) is -0.602. The van der Waals surface area contributed by atoms with Gasteiger partial charge in [-0.05, 0) is 69.0 Å². The van der Waals surface area contributed by atoms with Crippen molar-refractivity contribution >= 4 is 17.4 Å². The van der Waals surface area contributed by atoms with Crippen LogP contribution in [-0.4, -0.2) is 62.3 Å². The lowest BCUT2D eigenvalue weighted by Crippen LogP contribution is -2.61. The maximum atomic E-state index is 14.5. The van der Waals surface area contributed by atoms with Gasteiger partial charge in [-0.25, -0.2) is 0 Å². The highest BCUT2D eigenvalue weighted by Gasteiger charge is 2.75. The Kier molecular flexibility index (Phi) is 4.02. The first-order chi connectivity index (χ1) is 15.4. The molecule has 1 aromatic rings. The molecule has 8 heteroatoms. The van der Waals surface area contributed by atoms with Crippen LogP contribution in [0.25, 0.3) is 0 Å². The molecule has 0 radical (unpaired) electrons. The molecule has 4 heterocycles. The van der Waals surface area contributed by atoms with Gasteiger partial charge in [-0.2, -0.15) is 0 Å². The maximum Gasteiger partial charge on any atom is 0.238 e. The molecule has 0 bridgehead atoms. The first kappa shape index (κ1) is 21.5. The molecule has 8 nitrogen and oxygen atoms in total. The number of aromatic hydroxyl groups is 1. The van der Waals surface area contributed by atoms with Crippen LogP contribution < -0.4 is 4.90 Å². The summed E-state index contributed by atoms with van der Waals surface area (Å²) in [6.45, 7) is 9.20. The predicted octanol–water partition coefficient (Wildman–Crippen LogP) is 3.18. The van der Waals surface area contributed by atoms with E-state index in [9.17, 15) is 25.1 Å². The van der Waals surface area contributed by atoms with Gasteiger partial charge in [-0.15, -0.1) is 0 Å². The number of benzene rings is 1. The summed E-state index contributed by atoms with van der Waals surface area (Å²) in [7, 11) is 0. The maximum absolute atomic E-state index is 14.5. The largest absolute Gasteiger partial charge is 0.762 e. The summed E-state index contributed by atoms with van der Waals surface area (Å²) >= 11 is 0. The quantitative estimate of drug-likeness (QED) is 0.628. The Morgan fingerprint density at radius 2 is 1.91 bits per heavy atom. The first-order valence-corrected chi connectivity index (χ1v) is 12.0. The molecule has 2 N–H and O–H groups in total. The zero-order chi connectivity index (χ0) is 23.7. The summed E-state index contributed by atoms with van der Waals surface area (Å²) in [6, 6.07) is 3.63. The number of ketones is 1. The number of carbonyl (C=O) groups excluding carboxylic acids is 2. The fourth-order valence-corrected chi connectivity index (χ4v) is 8.49. The fourth-order valence-electron chi connectivity index (χ4n) is 8.49. The van der Waals surface area contributed by atoms with Crippen LogP contribution in [0.3, 0.4) is 0 Å². The normalized spacial score (nSPS) is 38.2. The number of fused-ring (bicyclic) bond motifs is 3. The molecule has 4 atom stereocenters. The number of piperidine rings is 1. The van der Waals surface area contributed by atoms with E-state index in [-0.39, 0.29) is 47.0 Å². The van der Waals surface area contributed by atoms with Crippen molar-refractivity contribution in [3.8, 4) is 5.75 Å². The minimum absolute atomic E-state index is 0.111. The molecule has 5 aliphatic rings. The van der Waals surface area contributed by atoms with Gasteiger partial charge in [0.1, 0.15) is 5.75 Å². The van der Waals surface area contributed by atoms with E-state index in [4.69, 9.17) is 0 Å². The van der Waals surface area contributed by atoms with Crippen LogP contribution in [0.4, 0.5) is 5.69 Å². The number of anilines is 1. The van der Waals surface area contributed by atoms with Gasteiger partial charge in [0.15, 0.2) is 5.78 Å². The van der Waals surface area contributed by atoms with Crippen molar-refractivity contribution in [1.29, 1.82) is 0 Å². The van der Waals surface area contributed by atoms with E-state index in [1.54, 1.807) is 11.0 Å². The summed E-state index contributed by atoms with van der Waals surface area (Å²) in [5, 5.41) is 34.3. The molecule has 1 saturated carbocycles. The number of rotatable bonds is 1. The van der Waals surface area contributed by atoms with Crippen molar-refractivity contribution in [3.63, 3.8) is 0 Å². The Bertz CT molecular complexity index is 1100. The van der Waals surface area contributed by atoms with Gasteiger partial charge in [-0.3, -0.25) is 19.7 Å². The second-order valence-corrected chi connectivity index (χ2v) is 12.1. The Balaban J connectivity index is 1.62. The molecule has 0 aromatic heterocycles. The van der Waals surface area contributed by atoms with Crippen LogP contribution in [0.5, 0.6) is 5.75 Å². The Hall–Kier alpha value is -2.00. The van der Waals surface area contributed by atoms with E-state index in [1.165, 1.54) is 6.07 Å². The molecule has 2 saturated heterocycles. The second kappa shape index (κ2) is 6.16. The smallest absolute Gasteiger partial charge is 0.238 e. The Labute approximate surface area is 193 Å². The van der Waals surface area contributed by atoms with Crippen molar-refractivity contribution in [3.05, 3.63) is 28.5 Å². The van der Waals surface area contributed by atoms with Gasteiger partial charge in [0.25, 0.3) is 0 Å². The minimum atomic E-state index is -1.10. The lowest BCUT2D eigenvalue weighted by Gasteiger charge is -2.55. The average Bonchev–Trinajstić information content (AvgIpc) is 3.32. The molecular weight excluding hydrogens is 422 g/mol. The summed E-state index contributed by atoms with van der Waals surface area (Å²) in [4.78, 5) is 31.6. The van der Waals surface area contributed by atoms with Gasteiger partial charge in [0, 0.05) is 24.5 Å². The fraction of sp³-hybridized carbons (Fsp3) is 0.680. The standard InChI is InChI=1S/C25H32N3O5/c1-22(2)11-17(30)19-16(29)8-7-15-20(19)27(22)21(31)25(15)12-24(28(32)33)13-26-9-5-6-14(26)10-18(24)23(25,3)4/h7-8,14,18,29,32H,5-6,9-13H2,1-4H3/q-1/t14-,18+,24+,25-/m0/s1. The van der Waals surface area contributed by atoms with Gasteiger partial charge in [0.05, 0.1) is 22.2 Å². The van der Waals surface area contributed by atoms with Crippen molar-refractivity contribution in [2.75, 3.05) is 18.0 Å². The minimum Gasteiger partial charge on any atom is -0.762 e. The Morgan fingerprint density at radius 1 is 1.18 bits per heavy atom. The molecular formula is C25H32N3O5-. The first-order valence-electron chi connectivity index (χ1n) is 12.0. The van der Waals surface area contributed by atoms with Gasteiger partial charge in [0.2, 0.25) is 5.91 Å². The molecule has 4 aliphatic heterocycles. The average molecular weight is 455 g/mol. The summed E-state index contributed by atoms with van der Waals surface area (Å²) in [5.41, 5.74) is -2.15. The van der Waals surface area contributed by atoms with Gasteiger partial charge in [-0.1, -0.05) is 19.9 Å². The van der Waals surface area contributed by atoms with Crippen LogP contribution in [0.2, 0.25) is 0 Å². The zero-order valence-corrected chi connectivity index (χ0v) is 19.7. The lowest BCUT2D eigenvalue weighted by atomic mass is 9.60. The zero-order valence-electron chi connectivity index (χ0n) is 19.7. The van der Waals surface area contributed by atoms with Crippen molar-refractivity contribution in [1.82, 2.24) is 10.1 Å². The van der Waals surface area contributed by atoms with Crippen LogP contribution in [-0.2, 0) is 10.2 Å². The predicted molar refractivity (Wildman–Crippen MR) is 121 cm³/mol. The number of carbonyl (C=O) groups is 2. The number of hydrogen-bond donors (Lipinski definition) is 2. The number of hydrogen-bond acceptors (Lipinski definition) is 7. The molecule has 1 aliphatic carbocycles. The van der Waals surface area contributed by atoms with E-state index < -0.39 is 21.9 Å². The molecule has 33 heavy (non-hydrogen) atoms. The summed E-state index contributed by atoms with van der Waals surface area (Å²) < 4.78 is 0. The highest BCUT2D eigenvalue weighted by Crippen LogP contribution is 2.70. The molecule has 178 valence electrons. The Morgan fingerprint density at radius 3 is 2.61 bits per heavy atom. The number of nitrogens with zero attached hydrogens (tertiary/aromatic N) is 3. The third kappa shape index (κ3) is 2.26. The SMILES string of the molecule is CC1(C)CC(=O)c2c(O)ccc3c2N1C(=O)[C@]31C[C@@]2(N([O-])O)CN3CCC[C@H]3C[C@@H]2C1(C)C. The second-order valence-electron chi connectivity index (χ2n) is 12.1. The van der Waals surface area contributed by atoms with E-state index in [0.717, 1.165) is 25.8 Å².